The highest BCUT2D eigenvalue weighted by Gasteiger charge is 2.42. The van der Waals surface area contributed by atoms with Crippen LogP contribution in [0.1, 0.15) is 49.2 Å². The van der Waals surface area contributed by atoms with Gasteiger partial charge in [-0.15, -0.1) is 0 Å². The third-order valence-corrected chi connectivity index (χ3v) is 8.09. The minimum atomic E-state index is -0.268. The first-order valence-electron chi connectivity index (χ1n) is 12.4. The van der Waals surface area contributed by atoms with Gasteiger partial charge in [0.1, 0.15) is 23.3 Å². The molecule has 6 rings (SSSR count). The molecular weight excluding hydrogens is 525 g/mol. The molecule has 37 heavy (non-hydrogen) atoms. The third-order valence-electron chi connectivity index (χ3n) is 6.95. The Morgan fingerprint density at radius 1 is 0.946 bits per heavy atom. The number of anilines is 1. The predicted molar refractivity (Wildman–Crippen MR) is 151 cm³/mol. The van der Waals surface area contributed by atoms with E-state index in [2.05, 4.69) is 15.2 Å². The van der Waals surface area contributed by atoms with E-state index in [1.54, 1.807) is 12.3 Å². The van der Waals surface area contributed by atoms with Gasteiger partial charge in [0, 0.05) is 17.4 Å². The summed E-state index contributed by atoms with van der Waals surface area (Å²) in [6.07, 6.45) is 6.80. The van der Waals surface area contributed by atoms with Crippen LogP contribution in [-0.4, -0.2) is 16.2 Å². The first-order chi connectivity index (χ1) is 18.1. The molecule has 1 aliphatic heterocycles. The van der Waals surface area contributed by atoms with Gasteiger partial charge in [-0.25, -0.2) is 0 Å². The number of furan rings is 1. The molecule has 4 aromatic rings. The normalized spacial score (nSPS) is 19.8. The summed E-state index contributed by atoms with van der Waals surface area (Å²) >= 11 is 18.6. The van der Waals surface area contributed by atoms with Crippen molar-refractivity contribution >= 4 is 46.2 Å². The van der Waals surface area contributed by atoms with Gasteiger partial charge in [-0.3, -0.25) is 4.98 Å². The van der Waals surface area contributed by atoms with Gasteiger partial charge in [0.15, 0.2) is 5.11 Å². The fourth-order valence-corrected chi connectivity index (χ4v) is 5.90. The van der Waals surface area contributed by atoms with Crippen LogP contribution >= 0.6 is 35.4 Å². The lowest BCUT2D eigenvalue weighted by atomic mass is 10.0. The van der Waals surface area contributed by atoms with E-state index >= 15 is 0 Å². The van der Waals surface area contributed by atoms with Crippen LogP contribution in [-0.2, 0) is 0 Å². The number of hydrogen-bond acceptors (Lipinski definition) is 4. The van der Waals surface area contributed by atoms with E-state index in [0.29, 0.717) is 27.0 Å². The number of halogens is 2. The number of benzene rings is 2. The lowest BCUT2D eigenvalue weighted by Gasteiger charge is -2.26. The van der Waals surface area contributed by atoms with Crippen molar-refractivity contribution in [2.24, 2.45) is 0 Å². The highest BCUT2D eigenvalue weighted by molar-refractivity contribution is 7.80. The second kappa shape index (κ2) is 10.4. The van der Waals surface area contributed by atoms with Crippen LogP contribution in [0.15, 0.2) is 83.4 Å². The highest BCUT2D eigenvalue weighted by atomic mass is 35.5. The van der Waals surface area contributed by atoms with Gasteiger partial charge in [0.2, 0.25) is 0 Å². The van der Waals surface area contributed by atoms with E-state index in [4.69, 9.17) is 44.6 Å². The molecule has 2 atom stereocenters. The van der Waals surface area contributed by atoms with E-state index in [-0.39, 0.29) is 12.1 Å². The summed E-state index contributed by atoms with van der Waals surface area (Å²) in [6, 6.07) is 22.9. The van der Waals surface area contributed by atoms with E-state index in [1.807, 2.05) is 66.7 Å². The number of hydrogen-bond donors (Lipinski definition) is 1. The molecule has 0 unspecified atom stereocenters. The smallest absolute Gasteiger partial charge is 0.174 e. The van der Waals surface area contributed by atoms with Crippen molar-refractivity contribution in [1.29, 1.82) is 0 Å². The molecule has 0 spiro atoms. The highest BCUT2D eigenvalue weighted by Crippen LogP contribution is 2.44. The number of nitrogens with zero attached hydrogens (tertiary/aromatic N) is 2. The van der Waals surface area contributed by atoms with Crippen molar-refractivity contribution in [2.75, 3.05) is 4.90 Å². The van der Waals surface area contributed by atoms with Crippen molar-refractivity contribution in [3.05, 3.63) is 100 Å². The summed E-state index contributed by atoms with van der Waals surface area (Å²) in [7, 11) is 0. The topological polar surface area (TPSA) is 50.5 Å². The number of thiocarbonyl (C=S) groups is 1. The lowest BCUT2D eigenvalue weighted by Crippen LogP contribution is -2.29. The van der Waals surface area contributed by atoms with E-state index in [9.17, 15) is 0 Å². The zero-order valence-electron chi connectivity index (χ0n) is 19.9. The molecule has 1 saturated carbocycles. The van der Waals surface area contributed by atoms with Gasteiger partial charge in [-0.05, 0) is 98.6 Å². The van der Waals surface area contributed by atoms with Crippen LogP contribution in [0, 0.1) is 0 Å². The molecule has 2 fully saturated rings. The zero-order valence-corrected chi connectivity index (χ0v) is 22.3. The Morgan fingerprint density at radius 2 is 1.76 bits per heavy atom. The molecule has 1 saturated heterocycles. The van der Waals surface area contributed by atoms with E-state index in [1.165, 1.54) is 12.8 Å². The summed E-state index contributed by atoms with van der Waals surface area (Å²) in [5.74, 6) is 2.25. The Bertz CT molecular complexity index is 1400. The second-order valence-corrected chi connectivity index (χ2v) is 10.5. The molecule has 0 bridgehead atoms. The van der Waals surface area contributed by atoms with Gasteiger partial charge in [-0.1, -0.05) is 35.3 Å². The summed E-state index contributed by atoms with van der Waals surface area (Å²) in [5, 5.41) is 5.01. The van der Waals surface area contributed by atoms with Crippen LogP contribution in [0.4, 0.5) is 5.69 Å². The fraction of sp³-hybridized carbons (Fsp3) is 0.241. The molecule has 188 valence electrons. The fourth-order valence-electron chi connectivity index (χ4n) is 5.16. The van der Waals surface area contributed by atoms with Gasteiger partial charge in [0.25, 0.3) is 0 Å². The first-order valence-corrected chi connectivity index (χ1v) is 13.6. The average Bonchev–Trinajstić information content (AvgIpc) is 3.67. The van der Waals surface area contributed by atoms with Gasteiger partial charge >= 0.3 is 0 Å². The summed E-state index contributed by atoms with van der Waals surface area (Å²) in [6.45, 7) is 0. The Hall–Kier alpha value is -3.06. The largest absolute Gasteiger partial charge is 0.490 e. The maximum absolute atomic E-state index is 6.49. The van der Waals surface area contributed by atoms with Crippen LogP contribution in [0.25, 0.3) is 11.3 Å². The molecule has 0 radical (unpaired) electrons. The molecule has 3 heterocycles. The van der Waals surface area contributed by atoms with Crippen molar-refractivity contribution < 1.29 is 9.15 Å². The van der Waals surface area contributed by atoms with Crippen molar-refractivity contribution in [3.63, 3.8) is 0 Å². The van der Waals surface area contributed by atoms with E-state index in [0.717, 1.165) is 41.3 Å². The molecular formula is C29H25Cl2N3O2S. The molecule has 1 N–H and O–H groups in total. The number of rotatable bonds is 6. The van der Waals surface area contributed by atoms with Crippen LogP contribution in [0.3, 0.4) is 0 Å². The predicted octanol–water partition coefficient (Wildman–Crippen LogP) is 8.15. The third kappa shape index (κ3) is 4.81. The summed E-state index contributed by atoms with van der Waals surface area (Å²) in [4.78, 5) is 6.69. The van der Waals surface area contributed by atoms with Crippen molar-refractivity contribution in [2.45, 2.75) is 43.9 Å². The SMILES string of the molecule is S=C1N[C@H](c2ccccn2)[C@H](c2ccc(-c3cccc(Cl)c3Cl)o2)N1c1ccc(OC2CCCC2)cc1. The number of aromatic nitrogens is 1. The molecule has 0 amide bonds. The van der Waals surface area contributed by atoms with Gasteiger partial charge < -0.3 is 19.4 Å². The Labute approximate surface area is 231 Å². The number of ether oxygens (including phenoxy) is 1. The minimum Gasteiger partial charge on any atom is -0.490 e. The molecule has 5 nitrogen and oxygen atoms in total. The first kappa shape index (κ1) is 24.3. The maximum Gasteiger partial charge on any atom is 0.174 e. The van der Waals surface area contributed by atoms with Gasteiger partial charge in [-0.2, -0.15) is 0 Å². The number of pyridine rings is 1. The molecule has 2 aromatic carbocycles. The quantitative estimate of drug-likeness (QED) is 0.245. The van der Waals surface area contributed by atoms with Crippen LogP contribution in [0.2, 0.25) is 10.0 Å². The number of nitrogens with one attached hydrogen (secondary N) is 1. The Kier molecular flexibility index (Phi) is 6.80. The molecule has 8 heteroatoms. The molecule has 2 aliphatic rings. The summed E-state index contributed by atoms with van der Waals surface area (Å²) < 4.78 is 12.6. The van der Waals surface area contributed by atoms with E-state index < -0.39 is 0 Å². The average molecular weight is 551 g/mol. The van der Waals surface area contributed by atoms with Gasteiger partial charge in [0.05, 0.1) is 27.9 Å². The second-order valence-electron chi connectivity index (χ2n) is 9.32. The van der Waals surface area contributed by atoms with Crippen molar-refractivity contribution in [1.82, 2.24) is 10.3 Å². The Balaban J connectivity index is 1.36. The lowest BCUT2D eigenvalue weighted by molar-refractivity contribution is 0.210. The monoisotopic (exact) mass is 549 g/mol. The Morgan fingerprint density at radius 3 is 2.51 bits per heavy atom. The van der Waals surface area contributed by atoms with Crippen molar-refractivity contribution in [3.8, 4) is 17.1 Å². The zero-order chi connectivity index (χ0) is 25.4. The van der Waals surface area contributed by atoms with Crippen LogP contribution < -0.4 is 15.0 Å². The standard InChI is InChI=1S/C29H25Cl2N3O2S/c30-22-9-5-8-21(26(22)31)24-15-16-25(36-24)28-27(23-10-3-4-17-32-23)33-29(37)34(28)18-11-13-20(14-12-18)35-19-6-1-2-7-19/h3-5,8-17,19,27-28H,1-2,6-7H2,(H,33,37)/t27-,28+/m1/s1. The minimum absolute atomic E-state index is 0.211. The maximum atomic E-state index is 6.49. The molecule has 2 aromatic heterocycles. The summed E-state index contributed by atoms with van der Waals surface area (Å²) in [5.41, 5.74) is 2.55. The molecule has 1 aliphatic carbocycles. The van der Waals surface area contributed by atoms with Crippen LogP contribution in [0.5, 0.6) is 5.75 Å².